The Kier molecular flexibility index (Phi) is 7.76. The Hall–Kier alpha value is -1.13. The number of benzene rings is 2. The van der Waals surface area contributed by atoms with Crippen molar-refractivity contribution in [1.82, 2.24) is 4.90 Å². The highest BCUT2D eigenvalue weighted by Crippen LogP contribution is 2.27. The second-order valence-corrected chi connectivity index (χ2v) is 8.32. The number of piperazine rings is 1. The Labute approximate surface area is 184 Å². The van der Waals surface area contributed by atoms with Crippen molar-refractivity contribution in [3.8, 4) is 5.75 Å². The predicted octanol–water partition coefficient (Wildman–Crippen LogP) is 5.50. The quantitative estimate of drug-likeness (QED) is 0.551. The minimum atomic E-state index is 0. The summed E-state index contributed by atoms with van der Waals surface area (Å²) < 4.78 is 5.97. The van der Waals surface area contributed by atoms with Crippen LogP contribution >= 0.6 is 35.6 Å². The summed E-state index contributed by atoms with van der Waals surface area (Å²) in [6, 6.07) is 12.4. The molecule has 152 valence electrons. The van der Waals surface area contributed by atoms with E-state index in [0.29, 0.717) is 10.0 Å². The largest absolute Gasteiger partial charge is 0.494 e. The van der Waals surface area contributed by atoms with E-state index >= 15 is 0 Å². The summed E-state index contributed by atoms with van der Waals surface area (Å²) in [5.41, 5.74) is 4.10. The SMILES string of the molecule is Cl.Clc1cc(Cl)cc(N2CCN(CCCOc3ccc4c(c3)CCC4)CC2)c1. The third-order valence-corrected chi connectivity index (χ3v) is 5.98. The predicted molar refractivity (Wildman–Crippen MR) is 121 cm³/mol. The summed E-state index contributed by atoms with van der Waals surface area (Å²) in [5, 5.41) is 1.40. The van der Waals surface area contributed by atoms with Gasteiger partial charge in [-0.05, 0) is 67.1 Å². The Morgan fingerprint density at radius 1 is 0.857 bits per heavy atom. The maximum absolute atomic E-state index is 6.13. The lowest BCUT2D eigenvalue weighted by atomic mass is 10.1. The van der Waals surface area contributed by atoms with Gasteiger partial charge in [0.15, 0.2) is 0 Å². The molecule has 2 aromatic rings. The van der Waals surface area contributed by atoms with Crippen LogP contribution in [-0.2, 0) is 12.8 Å². The fraction of sp³-hybridized carbons (Fsp3) is 0.455. The molecule has 0 amide bonds. The van der Waals surface area contributed by atoms with Crippen LogP contribution in [0.1, 0.15) is 24.0 Å². The molecule has 0 spiro atoms. The highest BCUT2D eigenvalue weighted by Gasteiger charge is 2.17. The van der Waals surface area contributed by atoms with Gasteiger partial charge in [0.25, 0.3) is 0 Å². The third-order valence-electron chi connectivity index (χ3n) is 5.54. The summed E-state index contributed by atoms with van der Waals surface area (Å²) in [5.74, 6) is 1.03. The van der Waals surface area contributed by atoms with Gasteiger partial charge in [0, 0.05) is 48.5 Å². The van der Waals surface area contributed by atoms with Crippen molar-refractivity contribution in [2.75, 3.05) is 44.2 Å². The number of hydrogen-bond donors (Lipinski definition) is 0. The van der Waals surface area contributed by atoms with Crippen LogP contribution in [0.5, 0.6) is 5.75 Å². The molecule has 0 radical (unpaired) electrons. The Morgan fingerprint density at radius 2 is 1.57 bits per heavy atom. The van der Waals surface area contributed by atoms with E-state index in [1.807, 2.05) is 12.1 Å². The minimum Gasteiger partial charge on any atom is -0.494 e. The van der Waals surface area contributed by atoms with Gasteiger partial charge in [0.2, 0.25) is 0 Å². The zero-order valence-corrected chi connectivity index (χ0v) is 18.3. The lowest BCUT2D eigenvalue weighted by Gasteiger charge is -2.36. The van der Waals surface area contributed by atoms with Gasteiger partial charge in [-0.1, -0.05) is 29.3 Å². The van der Waals surface area contributed by atoms with Crippen LogP contribution in [-0.4, -0.2) is 44.2 Å². The van der Waals surface area contributed by atoms with Crippen molar-refractivity contribution in [3.63, 3.8) is 0 Å². The van der Waals surface area contributed by atoms with Gasteiger partial charge in [-0.25, -0.2) is 0 Å². The van der Waals surface area contributed by atoms with Gasteiger partial charge in [-0.2, -0.15) is 0 Å². The first-order chi connectivity index (χ1) is 13.2. The number of hydrogen-bond acceptors (Lipinski definition) is 3. The number of nitrogens with zero attached hydrogens (tertiary/aromatic N) is 2. The maximum Gasteiger partial charge on any atom is 0.119 e. The first kappa shape index (κ1) is 21.6. The number of anilines is 1. The molecule has 1 fully saturated rings. The molecule has 0 saturated carbocycles. The molecule has 6 heteroatoms. The first-order valence-corrected chi connectivity index (χ1v) is 10.6. The molecule has 0 unspecified atom stereocenters. The van der Waals surface area contributed by atoms with Gasteiger partial charge in [0.05, 0.1) is 6.61 Å². The van der Waals surface area contributed by atoms with E-state index in [4.69, 9.17) is 27.9 Å². The van der Waals surface area contributed by atoms with Gasteiger partial charge in [-0.15, -0.1) is 12.4 Å². The highest BCUT2D eigenvalue weighted by atomic mass is 35.5. The summed E-state index contributed by atoms with van der Waals surface area (Å²) in [6.45, 7) is 5.98. The van der Waals surface area contributed by atoms with Crippen molar-refractivity contribution in [1.29, 1.82) is 0 Å². The molecule has 1 saturated heterocycles. The molecular formula is C22H27Cl3N2O. The molecule has 1 aliphatic carbocycles. The van der Waals surface area contributed by atoms with Gasteiger partial charge in [-0.3, -0.25) is 4.90 Å². The molecule has 3 nitrogen and oxygen atoms in total. The standard InChI is InChI=1S/C22H26Cl2N2O.ClH/c23-19-14-20(24)16-21(15-19)26-10-8-25(9-11-26)7-2-12-27-22-6-5-17-3-1-4-18(17)13-22;/h5-6,13-16H,1-4,7-12H2;1H. The average Bonchev–Trinajstić information content (AvgIpc) is 3.13. The second-order valence-electron chi connectivity index (χ2n) is 7.44. The van der Waals surface area contributed by atoms with Gasteiger partial charge >= 0.3 is 0 Å². The molecule has 1 aliphatic heterocycles. The van der Waals surface area contributed by atoms with Crippen LogP contribution in [0.2, 0.25) is 10.0 Å². The van der Waals surface area contributed by atoms with E-state index in [1.165, 1.54) is 30.4 Å². The van der Waals surface area contributed by atoms with E-state index < -0.39 is 0 Å². The first-order valence-electron chi connectivity index (χ1n) is 9.85. The molecule has 2 aliphatic rings. The molecular weight excluding hydrogens is 415 g/mol. The zero-order valence-electron chi connectivity index (χ0n) is 16.0. The zero-order chi connectivity index (χ0) is 18.6. The lowest BCUT2D eigenvalue weighted by molar-refractivity contribution is 0.224. The highest BCUT2D eigenvalue weighted by molar-refractivity contribution is 6.35. The van der Waals surface area contributed by atoms with Crippen LogP contribution in [0.4, 0.5) is 5.69 Å². The topological polar surface area (TPSA) is 15.7 Å². The summed E-state index contributed by atoms with van der Waals surface area (Å²) in [6.07, 6.45) is 4.77. The van der Waals surface area contributed by atoms with E-state index in [1.54, 1.807) is 6.07 Å². The number of fused-ring (bicyclic) bond motifs is 1. The summed E-state index contributed by atoms with van der Waals surface area (Å²) in [4.78, 5) is 4.87. The van der Waals surface area contributed by atoms with E-state index in [2.05, 4.69) is 28.0 Å². The van der Waals surface area contributed by atoms with Crippen molar-refractivity contribution in [2.45, 2.75) is 25.7 Å². The molecule has 0 atom stereocenters. The van der Waals surface area contributed by atoms with Crippen LogP contribution in [0.15, 0.2) is 36.4 Å². The number of halogens is 3. The monoisotopic (exact) mass is 440 g/mol. The minimum absolute atomic E-state index is 0. The van der Waals surface area contributed by atoms with E-state index in [-0.39, 0.29) is 12.4 Å². The van der Waals surface area contributed by atoms with Crippen LogP contribution < -0.4 is 9.64 Å². The molecule has 4 rings (SSSR count). The van der Waals surface area contributed by atoms with Gasteiger partial charge in [0.1, 0.15) is 5.75 Å². The number of ether oxygens (including phenoxy) is 1. The fourth-order valence-corrected chi connectivity index (χ4v) is 4.58. The fourth-order valence-electron chi connectivity index (χ4n) is 4.07. The van der Waals surface area contributed by atoms with Crippen LogP contribution in [0, 0.1) is 0 Å². The van der Waals surface area contributed by atoms with Crippen LogP contribution in [0.25, 0.3) is 0 Å². The number of aryl methyl sites for hydroxylation is 2. The maximum atomic E-state index is 6.13. The number of rotatable bonds is 6. The average molecular weight is 442 g/mol. The van der Waals surface area contributed by atoms with Gasteiger partial charge < -0.3 is 9.64 Å². The summed E-state index contributed by atoms with van der Waals surface area (Å²) >= 11 is 12.3. The third kappa shape index (κ3) is 5.48. The van der Waals surface area contributed by atoms with Crippen molar-refractivity contribution in [2.24, 2.45) is 0 Å². The molecule has 2 aromatic carbocycles. The Morgan fingerprint density at radius 3 is 2.32 bits per heavy atom. The van der Waals surface area contributed by atoms with E-state index in [0.717, 1.165) is 57.2 Å². The molecule has 0 aromatic heterocycles. The normalized spacial score (nSPS) is 16.6. The molecule has 0 N–H and O–H groups in total. The van der Waals surface area contributed by atoms with Crippen molar-refractivity contribution < 1.29 is 4.74 Å². The second kappa shape index (κ2) is 10.1. The van der Waals surface area contributed by atoms with Crippen molar-refractivity contribution in [3.05, 3.63) is 57.6 Å². The molecule has 28 heavy (non-hydrogen) atoms. The van der Waals surface area contributed by atoms with Crippen LogP contribution in [0.3, 0.4) is 0 Å². The van der Waals surface area contributed by atoms with E-state index in [9.17, 15) is 0 Å². The smallest absolute Gasteiger partial charge is 0.119 e. The summed E-state index contributed by atoms with van der Waals surface area (Å²) in [7, 11) is 0. The van der Waals surface area contributed by atoms with Crippen molar-refractivity contribution >= 4 is 41.3 Å². The molecule has 0 bridgehead atoms. The molecule has 1 heterocycles. The lowest BCUT2D eigenvalue weighted by Crippen LogP contribution is -2.46. The Bertz CT molecular complexity index is 771. The Balaban J connectivity index is 0.00000225.